The van der Waals surface area contributed by atoms with E-state index in [4.69, 9.17) is 0 Å². The first-order valence-corrected chi connectivity index (χ1v) is 9.15. The summed E-state index contributed by atoms with van der Waals surface area (Å²) < 4.78 is 13.0. The summed E-state index contributed by atoms with van der Waals surface area (Å²) in [7, 11) is 0. The predicted octanol–water partition coefficient (Wildman–Crippen LogP) is 2.56. The van der Waals surface area contributed by atoms with Gasteiger partial charge in [-0.25, -0.2) is 4.39 Å². The van der Waals surface area contributed by atoms with E-state index >= 15 is 0 Å². The normalized spacial score (nSPS) is 15.0. The Morgan fingerprint density at radius 2 is 2.00 bits per heavy atom. The van der Waals surface area contributed by atoms with E-state index < -0.39 is 0 Å². The summed E-state index contributed by atoms with van der Waals surface area (Å²) in [6.07, 6.45) is 4.59. The topological polar surface area (TPSA) is 52.7 Å². The van der Waals surface area contributed by atoms with Crippen molar-refractivity contribution in [1.82, 2.24) is 10.2 Å². The van der Waals surface area contributed by atoms with Crippen molar-refractivity contribution in [3.05, 3.63) is 30.1 Å². The Kier molecular flexibility index (Phi) is 7.70. The van der Waals surface area contributed by atoms with E-state index in [-0.39, 0.29) is 24.2 Å². The molecule has 0 bridgehead atoms. The molecule has 0 radical (unpaired) electrons. The number of rotatable bonds is 8. The third-order valence-corrected chi connectivity index (χ3v) is 4.51. The molecule has 0 saturated carbocycles. The van der Waals surface area contributed by atoms with Gasteiger partial charge in [0.15, 0.2) is 0 Å². The summed E-state index contributed by atoms with van der Waals surface area (Å²) in [5.74, 6) is -0.113. The number of likely N-dealkylation sites (N-methyl/N-ethyl adjacent to an activating group) is 1. The number of nitrogens with zero attached hydrogens (tertiary/aromatic N) is 2. The molecule has 138 valence electrons. The number of likely N-dealkylation sites (tertiary alicyclic amines) is 1. The van der Waals surface area contributed by atoms with Gasteiger partial charge in [-0.3, -0.25) is 9.59 Å². The molecule has 0 atom stereocenters. The van der Waals surface area contributed by atoms with Crippen molar-refractivity contribution in [1.29, 1.82) is 0 Å². The number of nitrogens with one attached hydrogen (secondary N) is 1. The van der Waals surface area contributed by atoms with E-state index in [1.165, 1.54) is 12.1 Å². The lowest BCUT2D eigenvalue weighted by Gasteiger charge is -2.23. The molecule has 2 amide bonds. The van der Waals surface area contributed by atoms with Crippen molar-refractivity contribution in [2.75, 3.05) is 37.6 Å². The highest BCUT2D eigenvalue weighted by Gasteiger charge is 2.16. The minimum atomic E-state index is -0.285. The van der Waals surface area contributed by atoms with Crippen LogP contribution in [0.15, 0.2) is 24.3 Å². The lowest BCUT2D eigenvalue weighted by Crippen LogP contribution is -2.39. The van der Waals surface area contributed by atoms with Gasteiger partial charge in [0.05, 0.1) is 6.54 Å². The second-order valence-corrected chi connectivity index (χ2v) is 6.39. The molecular formula is C19H28FN3O2. The van der Waals surface area contributed by atoms with Gasteiger partial charge in [0.25, 0.3) is 0 Å². The van der Waals surface area contributed by atoms with Gasteiger partial charge in [0.1, 0.15) is 5.82 Å². The van der Waals surface area contributed by atoms with E-state index in [9.17, 15) is 14.0 Å². The summed E-state index contributed by atoms with van der Waals surface area (Å²) in [5.41, 5.74) is 0.828. The van der Waals surface area contributed by atoms with Crippen LogP contribution in [0.25, 0.3) is 0 Å². The molecule has 1 aliphatic rings. The van der Waals surface area contributed by atoms with Crippen molar-refractivity contribution in [3.8, 4) is 0 Å². The van der Waals surface area contributed by atoms with Gasteiger partial charge < -0.3 is 15.1 Å². The highest BCUT2D eigenvalue weighted by Crippen LogP contribution is 2.14. The molecule has 0 aliphatic carbocycles. The lowest BCUT2D eigenvalue weighted by molar-refractivity contribution is -0.130. The minimum absolute atomic E-state index is 0.0617. The maximum atomic E-state index is 13.0. The third kappa shape index (κ3) is 6.36. The average molecular weight is 349 g/mol. The van der Waals surface area contributed by atoms with Crippen LogP contribution >= 0.6 is 0 Å². The van der Waals surface area contributed by atoms with E-state index in [0.29, 0.717) is 26.1 Å². The van der Waals surface area contributed by atoms with Crippen LogP contribution in [0, 0.1) is 5.82 Å². The Hall–Kier alpha value is -2.11. The summed E-state index contributed by atoms with van der Waals surface area (Å²) in [6, 6.07) is 6.15. The first-order chi connectivity index (χ1) is 12.1. The Morgan fingerprint density at radius 1 is 1.24 bits per heavy atom. The van der Waals surface area contributed by atoms with Gasteiger partial charge in [-0.05, 0) is 50.5 Å². The molecule has 1 fully saturated rings. The molecule has 0 spiro atoms. The smallest absolute Gasteiger partial charge is 0.239 e. The molecular weight excluding hydrogens is 321 g/mol. The van der Waals surface area contributed by atoms with Crippen molar-refractivity contribution >= 4 is 17.5 Å². The molecule has 25 heavy (non-hydrogen) atoms. The van der Waals surface area contributed by atoms with Crippen LogP contribution in [-0.2, 0) is 9.59 Å². The number of hydrogen-bond donors (Lipinski definition) is 1. The van der Waals surface area contributed by atoms with Gasteiger partial charge >= 0.3 is 0 Å². The molecule has 1 aliphatic heterocycles. The van der Waals surface area contributed by atoms with E-state index in [2.05, 4.69) is 5.32 Å². The van der Waals surface area contributed by atoms with Crippen molar-refractivity contribution in [3.63, 3.8) is 0 Å². The summed E-state index contributed by atoms with van der Waals surface area (Å²) in [4.78, 5) is 27.8. The maximum absolute atomic E-state index is 13.0. The van der Waals surface area contributed by atoms with Crippen molar-refractivity contribution < 1.29 is 14.0 Å². The zero-order valence-electron chi connectivity index (χ0n) is 15.0. The Bertz CT molecular complexity index is 562. The minimum Gasteiger partial charge on any atom is -0.362 e. The summed E-state index contributed by atoms with van der Waals surface area (Å²) in [5, 5.41) is 2.91. The number of carbonyl (C=O) groups excluding carboxylic acids is 2. The Morgan fingerprint density at radius 3 is 2.72 bits per heavy atom. The van der Waals surface area contributed by atoms with E-state index in [1.807, 2.05) is 16.7 Å². The lowest BCUT2D eigenvalue weighted by atomic mass is 10.2. The number of halogens is 1. The molecule has 1 saturated heterocycles. The summed E-state index contributed by atoms with van der Waals surface area (Å²) >= 11 is 0. The standard InChI is InChI=1S/C19H28FN3O2/c1-2-22(17-10-8-16(20)9-11-17)15-18(24)21-12-6-14-23-13-5-3-4-7-19(23)25/h8-11H,2-7,12-15H2,1H3,(H,21,24). The number of amides is 2. The van der Waals surface area contributed by atoms with Crippen LogP contribution in [-0.4, -0.2) is 49.4 Å². The number of anilines is 1. The Labute approximate surface area is 149 Å². The second-order valence-electron chi connectivity index (χ2n) is 6.39. The fraction of sp³-hybridized carbons (Fsp3) is 0.579. The summed E-state index contributed by atoms with van der Waals surface area (Å²) in [6.45, 7) is 4.97. The molecule has 6 heteroatoms. The molecule has 1 heterocycles. The SMILES string of the molecule is CCN(CC(=O)NCCCN1CCCCCC1=O)c1ccc(F)cc1. The molecule has 5 nitrogen and oxygen atoms in total. The van der Waals surface area contributed by atoms with Gasteiger partial charge in [-0.2, -0.15) is 0 Å². The number of benzene rings is 1. The molecule has 0 unspecified atom stereocenters. The fourth-order valence-corrected chi connectivity index (χ4v) is 3.04. The van der Waals surface area contributed by atoms with Gasteiger partial charge in [-0.1, -0.05) is 6.42 Å². The second kappa shape index (κ2) is 10.0. The molecule has 2 rings (SSSR count). The third-order valence-electron chi connectivity index (χ3n) is 4.51. The van der Waals surface area contributed by atoms with Gasteiger partial charge in [0.2, 0.25) is 11.8 Å². The van der Waals surface area contributed by atoms with Crippen molar-refractivity contribution in [2.45, 2.75) is 39.0 Å². The highest BCUT2D eigenvalue weighted by atomic mass is 19.1. The van der Waals surface area contributed by atoms with E-state index in [0.717, 1.165) is 37.9 Å². The highest BCUT2D eigenvalue weighted by molar-refractivity contribution is 5.81. The van der Waals surface area contributed by atoms with Crippen LogP contribution < -0.4 is 10.2 Å². The largest absolute Gasteiger partial charge is 0.362 e. The van der Waals surface area contributed by atoms with E-state index in [1.54, 1.807) is 12.1 Å². The van der Waals surface area contributed by atoms with Crippen molar-refractivity contribution in [2.24, 2.45) is 0 Å². The molecule has 1 aromatic carbocycles. The first kappa shape index (κ1) is 19.2. The monoisotopic (exact) mass is 349 g/mol. The van der Waals surface area contributed by atoms with Crippen LogP contribution in [0.4, 0.5) is 10.1 Å². The van der Waals surface area contributed by atoms with Gasteiger partial charge in [-0.15, -0.1) is 0 Å². The zero-order valence-corrected chi connectivity index (χ0v) is 15.0. The maximum Gasteiger partial charge on any atom is 0.239 e. The van der Waals surface area contributed by atoms with Crippen LogP contribution in [0.2, 0.25) is 0 Å². The molecule has 1 aromatic rings. The Balaban J connectivity index is 1.70. The number of hydrogen-bond acceptors (Lipinski definition) is 3. The fourth-order valence-electron chi connectivity index (χ4n) is 3.04. The molecule has 1 N–H and O–H groups in total. The number of carbonyl (C=O) groups is 2. The van der Waals surface area contributed by atoms with Crippen LogP contribution in [0.1, 0.15) is 39.0 Å². The average Bonchev–Trinajstić information content (AvgIpc) is 2.82. The zero-order chi connectivity index (χ0) is 18.1. The first-order valence-electron chi connectivity index (χ1n) is 9.15. The predicted molar refractivity (Wildman–Crippen MR) is 97.0 cm³/mol. The van der Waals surface area contributed by atoms with Crippen LogP contribution in [0.5, 0.6) is 0 Å². The quantitative estimate of drug-likeness (QED) is 0.734. The molecule has 0 aromatic heterocycles. The van der Waals surface area contributed by atoms with Crippen LogP contribution in [0.3, 0.4) is 0 Å². The van der Waals surface area contributed by atoms with Gasteiger partial charge in [0, 0.05) is 38.3 Å².